The van der Waals surface area contributed by atoms with Crippen LogP contribution in [0.1, 0.15) is 19.3 Å². The van der Waals surface area contributed by atoms with Gasteiger partial charge in [0.1, 0.15) is 0 Å². The van der Waals surface area contributed by atoms with E-state index in [9.17, 15) is 18.0 Å². The Morgan fingerprint density at radius 2 is 2.00 bits per heavy atom. The van der Waals surface area contributed by atoms with Gasteiger partial charge < -0.3 is 11.1 Å². The molecule has 0 aromatic heterocycles. The lowest BCUT2D eigenvalue weighted by Gasteiger charge is -2.18. The highest BCUT2D eigenvalue weighted by molar-refractivity contribution is 5.85. The van der Waals surface area contributed by atoms with E-state index in [0.717, 1.165) is 0 Å². The Morgan fingerprint density at radius 1 is 1.35 bits per heavy atom. The second-order valence-electron chi connectivity index (χ2n) is 4.70. The summed E-state index contributed by atoms with van der Waals surface area (Å²) in [6.07, 6.45) is -2.42. The second kappa shape index (κ2) is 10.5. The number of hydrogen-bond acceptors (Lipinski definition) is 3. The standard InChI is InChI=1S/C11H20F3N3O.2ClH/c12-11(13,14)8-17-5-3-9(7-17)6-16-10(18)2-1-4-15;;/h9H,1-8,15H2,(H,16,18);2*1H. The van der Waals surface area contributed by atoms with Crippen molar-refractivity contribution in [2.24, 2.45) is 11.7 Å². The van der Waals surface area contributed by atoms with Crippen LogP contribution in [-0.4, -0.2) is 49.7 Å². The fourth-order valence-corrected chi connectivity index (χ4v) is 2.09. The van der Waals surface area contributed by atoms with Gasteiger partial charge >= 0.3 is 6.18 Å². The van der Waals surface area contributed by atoms with Gasteiger partial charge in [0.15, 0.2) is 0 Å². The van der Waals surface area contributed by atoms with Crippen LogP contribution in [0.3, 0.4) is 0 Å². The van der Waals surface area contributed by atoms with Gasteiger partial charge in [-0.2, -0.15) is 13.2 Å². The van der Waals surface area contributed by atoms with Gasteiger partial charge in [-0.15, -0.1) is 24.8 Å². The normalized spacial score (nSPS) is 19.1. The van der Waals surface area contributed by atoms with Gasteiger partial charge in [-0.3, -0.25) is 9.69 Å². The molecular formula is C11H22Cl2F3N3O. The van der Waals surface area contributed by atoms with Crippen LogP contribution in [0.25, 0.3) is 0 Å². The summed E-state index contributed by atoms with van der Waals surface area (Å²) in [5, 5.41) is 2.74. The average molecular weight is 340 g/mol. The van der Waals surface area contributed by atoms with E-state index in [2.05, 4.69) is 5.32 Å². The third-order valence-electron chi connectivity index (χ3n) is 2.97. The van der Waals surface area contributed by atoms with Gasteiger partial charge in [-0.1, -0.05) is 0 Å². The molecule has 20 heavy (non-hydrogen) atoms. The molecule has 1 saturated heterocycles. The second-order valence-corrected chi connectivity index (χ2v) is 4.70. The number of nitrogens with two attached hydrogens (primary N) is 1. The Bertz CT molecular complexity index is 280. The molecular weight excluding hydrogens is 318 g/mol. The Hall–Kier alpha value is -0.240. The highest BCUT2D eigenvalue weighted by atomic mass is 35.5. The molecule has 1 rings (SSSR count). The predicted octanol–water partition coefficient (Wildman–Crippen LogP) is 1.57. The minimum atomic E-state index is -4.14. The van der Waals surface area contributed by atoms with Crippen LogP contribution in [0, 0.1) is 5.92 Å². The lowest BCUT2D eigenvalue weighted by molar-refractivity contribution is -0.143. The maximum absolute atomic E-state index is 12.2. The van der Waals surface area contributed by atoms with Crippen molar-refractivity contribution in [1.82, 2.24) is 10.2 Å². The van der Waals surface area contributed by atoms with Crippen LogP contribution in [0.4, 0.5) is 13.2 Å². The van der Waals surface area contributed by atoms with E-state index in [-0.39, 0.29) is 36.6 Å². The smallest absolute Gasteiger partial charge is 0.356 e. The fraction of sp³-hybridized carbons (Fsp3) is 0.909. The molecule has 1 heterocycles. The average Bonchev–Trinajstić information content (AvgIpc) is 2.68. The summed E-state index contributed by atoms with van der Waals surface area (Å²) in [7, 11) is 0. The third-order valence-corrected chi connectivity index (χ3v) is 2.97. The number of amides is 1. The zero-order valence-electron chi connectivity index (χ0n) is 11.1. The number of nitrogens with zero attached hydrogens (tertiary/aromatic N) is 1. The van der Waals surface area contributed by atoms with Gasteiger partial charge in [-0.25, -0.2) is 0 Å². The summed E-state index contributed by atoms with van der Waals surface area (Å²) in [6.45, 7) is 0.915. The molecule has 1 unspecified atom stereocenters. The summed E-state index contributed by atoms with van der Waals surface area (Å²) in [5.41, 5.74) is 5.28. The Morgan fingerprint density at radius 3 is 2.55 bits per heavy atom. The molecule has 0 aliphatic carbocycles. The van der Waals surface area contributed by atoms with Gasteiger partial charge in [0.25, 0.3) is 0 Å². The molecule has 0 saturated carbocycles. The molecule has 9 heteroatoms. The van der Waals surface area contributed by atoms with Crippen molar-refractivity contribution < 1.29 is 18.0 Å². The summed E-state index contributed by atoms with van der Waals surface area (Å²) >= 11 is 0. The third kappa shape index (κ3) is 9.63. The lowest BCUT2D eigenvalue weighted by atomic mass is 10.1. The Kier molecular flexibility index (Phi) is 11.6. The van der Waals surface area contributed by atoms with Crippen molar-refractivity contribution in [1.29, 1.82) is 0 Å². The zero-order chi connectivity index (χ0) is 13.6. The molecule has 0 spiro atoms. The van der Waals surface area contributed by atoms with Crippen molar-refractivity contribution in [3.63, 3.8) is 0 Å². The SMILES string of the molecule is Cl.Cl.NCCCC(=O)NCC1CCN(CC(F)(F)F)C1. The number of nitrogens with one attached hydrogen (secondary N) is 1. The summed E-state index contributed by atoms with van der Waals surface area (Å²) < 4.78 is 36.5. The van der Waals surface area contributed by atoms with Crippen molar-refractivity contribution in [2.75, 3.05) is 32.7 Å². The van der Waals surface area contributed by atoms with Gasteiger partial charge in [-0.05, 0) is 31.8 Å². The van der Waals surface area contributed by atoms with Gasteiger partial charge in [0.2, 0.25) is 5.91 Å². The van der Waals surface area contributed by atoms with Crippen molar-refractivity contribution in [3.05, 3.63) is 0 Å². The van der Waals surface area contributed by atoms with Crippen molar-refractivity contribution >= 4 is 30.7 Å². The Balaban J connectivity index is 0. The fourth-order valence-electron chi connectivity index (χ4n) is 2.09. The predicted molar refractivity (Wildman–Crippen MR) is 76.4 cm³/mol. The minimum absolute atomic E-state index is 0. The number of carbonyl (C=O) groups is 1. The number of hydrogen-bond donors (Lipinski definition) is 2. The molecule has 3 N–H and O–H groups in total. The minimum Gasteiger partial charge on any atom is -0.356 e. The van der Waals surface area contributed by atoms with Crippen LogP contribution in [0.5, 0.6) is 0 Å². The summed E-state index contributed by atoms with van der Waals surface area (Å²) in [5.74, 6) is 0.0453. The van der Waals surface area contributed by atoms with Crippen LogP contribution >= 0.6 is 24.8 Å². The molecule has 1 amide bonds. The van der Waals surface area contributed by atoms with E-state index in [1.807, 2.05) is 0 Å². The maximum atomic E-state index is 12.2. The molecule has 0 radical (unpaired) electrons. The molecule has 0 aromatic rings. The molecule has 1 aliphatic rings. The quantitative estimate of drug-likeness (QED) is 0.772. The molecule has 122 valence electrons. The van der Waals surface area contributed by atoms with E-state index >= 15 is 0 Å². The van der Waals surface area contributed by atoms with E-state index in [1.54, 1.807) is 0 Å². The molecule has 0 bridgehead atoms. The van der Waals surface area contributed by atoms with Crippen LogP contribution < -0.4 is 11.1 Å². The molecule has 4 nitrogen and oxygen atoms in total. The molecule has 0 aromatic carbocycles. The largest absolute Gasteiger partial charge is 0.401 e. The van der Waals surface area contributed by atoms with Gasteiger partial charge in [0.05, 0.1) is 6.54 Å². The first-order chi connectivity index (χ1) is 8.40. The monoisotopic (exact) mass is 339 g/mol. The zero-order valence-corrected chi connectivity index (χ0v) is 12.8. The Labute approximate surface area is 129 Å². The highest BCUT2D eigenvalue weighted by Gasteiger charge is 2.34. The molecule has 1 aliphatic heterocycles. The van der Waals surface area contributed by atoms with Crippen molar-refractivity contribution in [2.45, 2.75) is 25.4 Å². The summed E-state index contributed by atoms with van der Waals surface area (Å²) in [6, 6.07) is 0. The molecule has 1 atom stereocenters. The van der Waals surface area contributed by atoms with E-state index in [0.29, 0.717) is 45.4 Å². The molecule has 1 fully saturated rings. The number of halogens is 5. The van der Waals surface area contributed by atoms with Crippen molar-refractivity contribution in [3.8, 4) is 0 Å². The van der Waals surface area contributed by atoms with Crippen LogP contribution in [0.15, 0.2) is 0 Å². The lowest BCUT2D eigenvalue weighted by Crippen LogP contribution is -2.34. The maximum Gasteiger partial charge on any atom is 0.401 e. The summed E-state index contributed by atoms with van der Waals surface area (Å²) in [4.78, 5) is 12.7. The van der Waals surface area contributed by atoms with Gasteiger partial charge in [0, 0.05) is 19.5 Å². The first-order valence-electron chi connectivity index (χ1n) is 6.16. The van der Waals surface area contributed by atoms with Crippen LogP contribution in [0.2, 0.25) is 0 Å². The number of likely N-dealkylation sites (tertiary alicyclic amines) is 1. The van der Waals surface area contributed by atoms with E-state index < -0.39 is 12.7 Å². The highest BCUT2D eigenvalue weighted by Crippen LogP contribution is 2.22. The van der Waals surface area contributed by atoms with E-state index in [4.69, 9.17) is 5.73 Å². The topological polar surface area (TPSA) is 58.4 Å². The first-order valence-corrected chi connectivity index (χ1v) is 6.16. The number of carbonyl (C=O) groups excluding carboxylic acids is 1. The van der Waals surface area contributed by atoms with E-state index in [1.165, 1.54) is 4.90 Å². The first kappa shape index (κ1) is 22.0. The van der Waals surface area contributed by atoms with Crippen LogP contribution in [-0.2, 0) is 4.79 Å². The number of rotatable bonds is 6. The number of alkyl halides is 3.